The highest BCUT2D eigenvalue weighted by Gasteiger charge is 2.20. The van der Waals surface area contributed by atoms with E-state index in [-0.39, 0.29) is 25.3 Å². The number of esters is 1. The number of unbranched alkanes of at least 4 members (excludes halogenated alkanes) is 13. The zero-order valence-electron chi connectivity index (χ0n) is 22.3. The Morgan fingerprint density at radius 2 is 1.00 bits per heavy atom. The van der Waals surface area contributed by atoms with Crippen LogP contribution in [0.15, 0.2) is 0 Å². The number of amides is 1. The summed E-state index contributed by atoms with van der Waals surface area (Å²) in [6.07, 6.45) is 16.0. The van der Waals surface area contributed by atoms with E-state index in [0.717, 1.165) is 44.9 Å². The summed E-state index contributed by atoms with van der Waals surface area (Å²) in [5, 5.41) is 17.7. The molecule has 0 saturated carbocycles. The number of carboxylic acids is 2. The zero-order valence-corrected chi connectivity index (χ0v) is 22.3. The molecule has 0 aromatic carbocycles. The first-order valence-corrected chi connectivity index (χ1v) is 13.4. The molecule has 0 spiro atoms. The lowest BCUT2D eigenvalue weighted by Crippen LogP contribution is -2.37. The average molecular weight is 500 g/mol. The van der Waals surface area contributed by atoms with Crippen LogP contribution in [0, 0.1) is 0 Å². The summed E-state index contributed by atoms with van der Waals surface area (Å²) < 4.78 is 5.23. The third-order valence-corrected chi connectivity index (χ3v) is 5.72. The Bertz CT molecular complexity index is 613. The van der Waals surface area contributed by atoms with Crippen molar-refractivity contribution in [1.29, 1.82) is 0 Å². The van der Waals surface area contributed by atoms with Gasteiger partial charge in [-0.3, -0.25) is 19.2 Å². The fraction of sp³-hybridized carbons (Fsp3) is 0.852. The Balaban J connectivity index is 3.74. The van der Waals surface area contributed by atoms with Gasteiger partial charge in [-0.2, -0.15) is 0 Å². The number of aliphatic carboxylic acids is 2. The maximum absolute atomic E-state index is 12.4. The fourth-order valence-electron chi connectivity index (χ4n) is 3.91. The minimum absolute atomic E-state index is 0.0108. The second kappa shape index (κ2) is 20.1. The van der Waals surface area contributed by atoms with Gasteiger partial charge < -0.3 is 19.8 Å². The molecule has 2 N–H and O–H groups in total. The smallest absolute Gasteiger partial charge is 0.323 e. The average Bonchev–Trinajstić information content (AvgIpc) is 2.74. The third kappa shape index (κ3) is 23.4. The predicted molar refractivity (Wildman–Crippen MR) is 136 cm³/mol. The SMILES string of the molecule is CC(C)(C)OC(=O)CCN(CC(=O)O)C(=O)CCCCCCCCCCCCCCCCC(=O)O. The summed E-state index contributed by atoms with van der Waals surface area (Å²) in [7, 11) is 0. The van der Waals surface area contributed by atoms with Crippen molar-refractivity contribution >= 4 is 23.8 Å². The van der Waals surface area contributed by atoms with Gasteiger partial charge in [0.1, 0.15) is 12.1 Å². The van der Waals surface area contributed by atoms with Gasteiger partial charge in [0.05, 0.1) is 6.42 Å². The van der Waals surface area contributed by atoms with Gasteiger partial charge in [0.15, 0.2) is 0 Å². The molecule has 35 heavy (non-hydrogen) atoms. The first-order valence-electron chi connectivity index (χ1n) is 13.4. The van der Waals surface area contributed by atoms with Crippen LogP contribution in [-0.4, -0.2) is 57.6 Å². The third-order valence-electron chi connectivity index (χ3n) is 5.72. The molecule has 0 atom stereocenters. The molecule has 0 unspecified atom stereocenters. The monoisotopic (exact) mass is 499 g/mol. The van der Waals surface area contributed by atoms with Gasteiger partial charge in [0.25, 0.3) is 0 Å². The highest BCUT2D eigenvalue weighted by Crippen LogP contribution is 2.14. The largest absolute Gasteiger partial charge is 0.481 e. The van der Waals surface area contributed by atoms with Crippen molar-refractivity contribution in [3.05, 3.63) is 0 Å². The van der Waals surface area contributed by atoms with Gasteiger partial charge in [0, 0.05) is 19.4 Å². The molecule has 0 radical (unpaired) electrons. The summed E-state index contributed by atoms with van der Waals surface area (Å²) in [6.45, 7) is 4.96. The van der Waals surface area contributed by atoms with E-state index < -0.39 is 30.1 Å². The van der Waals surface area contributed by atoms with Gasteiger partial charge in [-0.1, -0.05) is 77.0 Å². The van der Waals surface area contributed by atoms with Crippen molar-refractivity contribution in [1.82, 2.24) is 4.90 Å². The number of nitrogens with zero attached hydrogens (tertiary/aromatic N) is 1. The molecule has 0 heterocycles. The molecule has 8 heteroatoms. The van der Waals surface area contributed by atoms with Crippen molar-refractivity contribution in [2.45, 2.75) is 136 Å². The first kappa shape index (κ1) is 32.9. The van der Waals surface area contributed by atoms with E-state index in [2.05, 4.69) is 0 Å². The van der Waals surface area contributed by atoms with E-state index in [9.17, 15) is 19.2 Å². The van der Waals surface area contributed by atoms with E-state index in [4.69, 9.17) is 14.9 Å². The van der Waals surface area contributed by atoms with Crippen molar-refractivity contribution in [3.63, 3.8) is 0 Å². The van der Waals surface area contributed by atoms with Crippen LogP contribution in [0.4, 0.5) is 0 Å². The highest BCUT2D eigenvalue weighted by molar-refractivity contribution is 5.82. The summed E-state index contributed by atoms with van der Waals surface area (Å²) in [4.78, 5) is 47.1. The Kier molecular flexibility index (Phi) is 18.9. The highest BCUT2D eigenvalue weighted by atomic mass is 16.6. The molecule has 204 valence electrons. The second-order valence-electron chi connectivity index (χ2n) is 10.4. The van der Waals surface area contributed by atoms with E-state index in [1.165, 1.54) is 49.8 Å². The number of ether oxygens (including phenoxy) is 1. The summed E-state index contributed by atoms with van der Waals surface area (Å²) in [5.74, 6) is -2.45. The van der Waals surface area contributed by atoms with E-state index in [1.54, 1.807) is 20.8 Å². The lowest BCUT2D eigenvalue weighted by atomic mass is 10.0. The van der Waals surface area contributed by atoms with Gasteiger partial charge in [0.2, 0.25) is 5.91 Å². The van der Waals surface area contributed by atoms with E-state index in [1.807, 2.05) is 0 Å². The topological polar surface area (TPSA) is 121 Å². The van der Waals surface area contributed by atoms with Crippen LogP contribution in [0.1, 0.15) is 130 Å². The molecule has 1 amide bonds. The predicted octanol–water partition coefficient (Wildman–Crippen LogP) is 5.96. The lowest BCUT2D eigenvalue weighted by Gasteiger charge is -2.23. The van der Waals surface area contributed by atoms with Crippen LogP contribution < -0.4 is 0 Å². The molecule has 0 aliphatic carbocycles. The molecule has 0 aromatic rings. The van der Waals surface area contributed by atoms with Gasteiger partial charge >= 0.3 is 17.9 Å². The van der Waals surface area contributed by atoms with Crippen molar-refractivity contribution in [2.75, 3.05) is 13.1 Å². The molecular weight excluding hydrogens is 450 g/mol. The first-order chi connectivity index (χ1) is 16.5. The van der Waals surface area contributed by atoms with Crippen molar-refractivity contribution < 1.29 is 34.1 Å². The van der Waals surface area contributed by atoms with E-state index in [0.29, 0.717) is 6.42 Å². The number of hydrogen-bond donors (Lipinski definition) is 2. The molecule has 0 bridgehead atoms. The maximum atomic E-state index is 12.4. The minimum Gasteiger partial charge on any atom is -0.481 e. The molecule has 0 aliphatic rings. The lowest BCUT2D eigenvalue weighted by molar-refractivity contribution is -0.156. The Morgan fingerprint density at radius 1 is 0.600 bits per heavy atom. The molecule has 0 aromatic heterocycles. The minimum atomic E-state index is -1.08. The quantitative estimate of drug-likeness (QED) is 0.139. The fourth-order valence-corrected chi connectivity index (χ4v) is 3.91. The normalized spacial score (nSPS) is 11.3. The standard InChI is InChI=1S/C27H49NO7/c1-27(2,3)35-26(34)20-21-28(22-25(32)33)23(29)18-16-14-12-10-8-6-4-5-7-9-11-13-15-17-19-24(30)31/h4-22H2,1-3H3,(H,30,31)(H,32,33). The molecule has 8 nitrogen and oxygen atoms in total. The Hall–Kier alpha value is -2.12. The van der Waals surface area contributed by atoms with Crippen LogP contribution >= 0.6 is 0 Å². The summed E-state index contributed by atoms with van der Waals surface area (Å²) in [5.41, 5.74) is -0.607. The molecule has 0 fully saturated rings. The van der Waals surface area contributed by atoms with Crippen LogP contribution in [0.2, 0.25) is 0 Å². The number of carboxylic acid groups (broad SMARTS) is 2. The summed E-state index contributed by atoms with van der Waals surface area (Å²) in [6, 6.07) is 0. The number of hydrogen-bond acceptors (Lipinski definition) is 5. The molecule has 0 rings (SSSR count). The molecule has 0 aliphatic heterocycles. The Labute approximate surface area is 211 Å². The zero-order chi connectivity index (χ0) is 26.5. The van der Waals surface area contributed by atoms with Crippen LogP contribution in [0.3, 0.4) is 0 Å². The van der Waals surface area contributed by atoms with E-state index >= 15 is 0 Å². The second-order valence-corrected chi connectivity index (χ2v) is 10.4. The van der Waals surface area contributed by atoms with Gasteiger partial charge in [-0.25, -0.2) is 0 Å². The number of rotatable bonds is 22. The van der Waals surface area contributed by atoms with Gasteiger partial charge in [-0.05, 0) is 33.6 Å². The molecular formula is C27H49NO7. The van der Waals surface area contributed by atoms with Crippen LogP contribution in [-0.2, 0) is 23.9 Å². The summed E-state index contributed by atoms with van der Waals surface area (Å²) >= 11 is 0. The number of carbonyl (C=O) groups excluding carboxylic acids is 2. The van der Waals surface area contributed by atoms with Crippen molar-refractivity contribution in [3.8, 4) is 0 Å². The van der Waals surface area contributed by atoms with Crippen molar-refractivity contribution in [2.24, 2.45) is 0 Å². The number of carbonyl (C=O) groups is 4. The van der Waals surface area contributed by atoms with Crippen LogP contribution in [0.5, 0.6) is 0 Å². The maximum Gasteiger partial charge on any atom is 0.323 e. The van der Waals surface area contributed by atoms with Gasteiger partial charge in [-0.15, -0.1) is 0 Å². The Morgan fingerprint density at radius 3 is 1.37 bits per heavy atom. The molecule has 0 saturated heterocycles. The van der Waals surface area contributed by atoms with Crippen LogP contribution in [0.25, 0.3) is 0 Å².